The molecule has 78 valence electrons. The quantitative estimate of drug-likeness (QED) is 0.620. The largest absolute Gasteiger partial charge is 0.454 e. The van der Waals surface area contributed by atoms with Crippen molar-refractivity contribution in [2.45, 2.75) is 0 Å². The van der Waals surface area contributed by atoms with Crippen molar-refractivity contribution in [3.8, 4) is 11.5 Å². The van der Waals surface area contributed by atoms with Crippen LogP contribution in [0.2, 0.25) is 0 Å². The lowest BCUT2D eigenvalue weighted by Crippen LogP contribution is -1.93. The second-order valence-corrected chi connectivity index (χ2v) is 3.89. The fourth-order valence-corrected chi connectivity index (χ4v) is 2.28. The molecule has 1 aliphatic rings. The highest BCUT2D eigenvalue weighted by atomic mass is 16.7. The predicted molar refractivity (Wildman–Crippen MR) is 61.9 cm³/mol. The topological polar surface area (TPSA) is 34.2 Å². The van der Waals surface area contributed by atoms with E-state index in [0.717, 1.165) is 22.5 Å². The Morgan fingerprint density at radius 1 is 0.938 bits per heavy atom. The van der Waals surface area contributed by atoms with Crippen LogP contribution in [0.25, 0.3) is 21.8 Å². The Bertz CT molecular complexity index is 700. The number of H-pyrrole nitrogens is 1. The second kappa shape index (κ2) is 2.70. The molecule has 3 aromatic rings. The Balaban J connectivity index is 2.24. The lowest BCUT2D eigenvalue weighted by atomic mass is 10.1. The van der Waals surface area contributed by atoms with Crippen molar-refractivity contribution in [1.82, 2.24) is 4.98 Å². The average Bonchev–Trinajstić information content (AvgIpc) is 2.92. The zero-order chi connectivity index (χ0) is 10.5. The summed E-state index contributed by atoms with van der Waals surface area (Å²) in [5.41, 5.74) is 2.15. The van der Waals surface area contributed by atoms with Crippen LogP contribution in [0.3, 0.4) is 0 Å². The van der Waals surface area contributed by atoms with Crippen LogP contribution in [-0.2, 0) is 0 Å². The molecule has 0 atom stereocenters. The molecule has 1 aliphatic heterocycles. The van der Waals surface area contributed by atoms with Crippen molar-refractivity contribution in [1.29, 1.82) is 0 Å². The van der Waals surface area contributed by atoms with E-state index in [0.29, 0.717) is 6.79 Å². The summed E-state index contributed by atoms with van der Waals surface area (Å²) < 4.78 is 10.8. The number of benzene rings is 2. The molecule has 1 aromatic heterocycles. The van der Waals surface area contributed by atoms with Crippen molar-refractivity contribution in [3.05, 3.63) is 36.4 Å². The van der Waals surface area contributed by atoms with Crippen LogP contribution in [0.4, 0.5) is 0 Å². The second-order valence-electron chi connectivity index (χ2n) is 3.89. The minimum absolute atomic E-state index is 0.309. The normalized spacial score (nSPS) is 13.8. The highest BCUT2D eigenvalue weighted by molar-refractivity contribution is 6.09. The molecule has 3 nitrogen and oxygen atoms in total. The van der Waals surface area contributed by atoms with E-state index in [-0.39, 0.29) is 0 Å². The summed E-state index contributed by atoms with van der Waals surface area (Å²) in [5.74, 6) is 1.65. The Labute approximate surface area is 91.6 Å². The van der Waals surface area contributed by atoms with E-state index >= 15 is 0 Å². The van der Waals surface area contributed by atoms with Gasteiger partial charge < -0.3 is 14.5 Å². The Morgan fingerprint density at radius 2 is 1.88 bits per heavy atom. The minimum Gasteiger partial charge on any atom is -0.454 e. The van der Waals surface area contributed by atoms with Crippen molar-refractivity contribution in [2.75, 3.05) is 6.79 Å². The van der Waals surface area contributed by atoms with E-state index < -0.39 is 0 Å². The summed E-state index contributed by atoms with van der Waals surface area (Å²) in [5, 5.41) is 2.40. The summed E-state index contributed by atoms with van der Waals surface area (Å²) in [6.07, 6.45) is 0. The van der Waals surface area contributed by atoms with Crippen LogP contribution >= 0.6 is 0 Å². The fourth-order valence-electron chi connectivity index (χ4n) is 2.28. The summed E-state index contributed by atoms with van der Waals surface area (Å²) in [4.78, 5) is 3.37. The molecule has 0 bridgehead atoms. The van der Waals surface area contributed by atoms with Crippen LogP contribution in [0, 0.1) is 0 Å². The number of ether oxygens (including phenoxy) is 2. The van der Waals surface area contributed by atoms with Crippen molar-refractivity contribution < 1.29 is 9.47 Å². The maximum absolute atomic E-state index is 5.49. The molecule has 0 spiro atoms. The van der Waals surface area contributed by atoms with Crippen LogP contribution in [-0.4, -0.2) is 11.8 Å². The number of rotatable bonds is 0. The molecule has 1 N–H and O–H groups in total. The molecular weight excluding hydrogens is 202 g/mol. The molecule has 2 aromatic carbocycles. The lowest BCUT2D eigenvalue weighted by molar-refractivity contribution is 0.174. The molecule has 3 heteroatoms. The standard InChI is InChI=1S/C13H9NO2/c1-2-4-10-8(3-1)9-5-6-11-13(12(9)14-10)16-7-15-11/h1-6,14H,7H2. The third kappa shape index (κ3) is 0.877. The number of hydrogen-bond donors (Lipinski definition) is 1. The Kier molecular flexibility index (Phi) is 1.36. The lowest BCUT2D eigenvalue weighted by Gasteiger charge is -1.96. The Morgan fingerprint density at radius 3 is 2.88 bits per heavy atom. The van der Waals surface area contributed by atoms with E-state index in [1.165, 1.54) is 10.8 Å². The highest BCUT2D eigenvalue weighted by Gasteiger charge is 2.18. The molecule has 16 heavy (non-hydrogen) atoms. The zero-order valence-electron chi connectivity index (χ0n) is 8.49. The number of hydrogen-bond acceptors (Lipinski definition) is 2. The summed E-state index contributed by atoms with van der Waals surface area (Å²) >= 11 is 0. The number of nitrogens with one attached hydrogen (secondary N) is 1. The van der Waals surface area contributed by atoms with E-state index in [1.54, 1.807) is 0 Å². The van der Waals surface area contributed by atoms with Crippen LogP contribution in [0.5, 0.6) is 11.5 Å². The first-order valence-electron chi connectivity index (χ1n) is 5.22. The van der Waals surface area contributed by atoms with E-state index in [4.69, 9.17) is 9.47 Å². The number of aromatic nitrogens is 1. The average molecular weight is 211 g/mol. The molecule has 0 amide bonds. The van der Waals surface area contributed by atoms with Gasteiger partial charge in [-0.25, -0.2) is 0 Å². The Hall–Kier alpha value is -2.16. The van der Waals surface area contributed by atoms with Gasteiger partial charge in [0.2, 0.25) is 6.79 Å². The van der Waals surface area contributed by atoms with Crippen molar-refractivity contribution in [3.63, 3.8) is 0 Å². The maximum atomic E-state index is 5.49. The molecule has 0 unspecified atom stereocenters. The van der Waals surface area contributed by atoms with Gasteiger partial charge in [-0.1, -0.05) is 18.2 Å². The first-order chi connectivity index (χ1) is 7.93. The molecule has 0 radical (unpaired) electrons. The van der Waals surface area contributed by atoms with Gasteiger partial charge in [-0.15, -0.1) is 0 Å². The number of fused-ring (bicyclic) bond motifs is 5. The van der Waals surface area contributed by atoms with E-state index in [9.17, 15) is 0 Å². The summed E-state index contributed by atoms with van der Waals surface area (Å²) in [6.45, 7) is 0.309. The van der Waals surface area contributed by atoms with Crippen LogP contribution < -0.4 is 9.47 Å². The van der Waals surface area contributed by atoms with Gasteiger partial charge in [-0.05, 0) is 18.2 Å². The third-order valence-corrected chi connectivity index (χ3v) is 3.02. The zero-order valence-corrected chi connectivity index (χ0v) is 8.49. The third-order valence-electron chi connectivity index (χ3n) is 3.02. The monoisotopic (exact) mass is 211 g/mol. The van der Waals surface area contributed by atoms with Gasteiger partial charge >= 0.3 is 0 Å². The summed E-state index contributed by atoms with van der Waals surface area (Å²) in [7, 11) is 0. The van der Waals surface area contributed by atoms with Gasteiger partial charge in [0.15, 0.2) is 11.5 Å². The molecule has 4 rings (SSSR count). The molecule has 0 aliphatic carbocycles. The SMILES string of the molecule is c1ccc2c(c1)[nH]c1c3c(ccc12)OCO3. The van der Waals surface area contributed by atoms with Gasteiger partial charge in [-0.3, -0.25) is 0 Å². The molecule has 0 saturated heterocycles. The van der Waals surface area contributed by atoms with Crippen LogP contribution in [0.15, 0.2) is 36.4 Å². The number of aromatic amines is 1. The maximum Gasteiger partial charge on any atom is 0.231 e. The first kappa shape index (κ1) is 8.05. The van der Waals surface area contributed by atoms with Gasteiger partial charge in [-0.2, -0.15) is 0 Å². The smallest absolute Gasteiger partial charge is 0.231 e. The highest BCUT2D eigenvalue weighted by Crippen LogP contribution is 2.40. The van der Waals surface area contributed by atoms with Crippen molar-refractivity contribution in [2.24, 2.45) is 0 Å². The molecule has 0 fully saturated rings. The van der Waals surface area contributed by atoms with Gasteiger partial charge in [0.25, 0.3) is 0 Å². The van der Waals surface area contributed by atoms with Gasteiger partial charge in [0.05, 0.1) is 5.52 Å². The first-order valence-corrected chi connectivity index (χ1v) is 5.22. The van der Waals surface area contributed by atoms with Gasteiger partial charge in [0.1, 0.15) is 0 Å². The van der Waals surface area contributed by atoms with E-state index in [2.05, 4.69) is 23.2 Å². The van der Waals surface area contributed by atoms with E-state index in [1.807, 2.05) is 18.2 Å². The number of para-hydroxylation sites is 1. The molecule has 0 saturated carbocycles. The van der Waals surface area contributed by atoms with Crippen LogP contribution in [0.1, 0.15) is 0 Å². The predicted octanol–water partition coefficient (Wildman–Crippen LogP) is 3.05. The fraction of sp³-hybridized carbons (Fsp3) is 0.0769. The van der Waals surface area contributed by atoms with Crippen molar-refractivity contribution >= 4 is 21.8 Å². The molecule has 2 heterocycles. The van der Waals surface area contributed by atoms with Gasteiger partial charge in [0, 0.05) is 16.3 Å². The summed E-state index contributed by atoms with van der Waals surface area (Å²) in [6, 6.07) is 12.3. The molecular formula is C13H9NO2. The minimum atomic E-state index is 0.309.